The van der Waals surface area contributed by atoms with Gasteiger partial charge in [-0.3, -0.25) is 4.99 Å². The van der Waals surface area contributed by atoms with E-state index in [9.17, 15) is 0 Å². The number of guanidine groups is 1. The SMILES string of the molecule is CN=C(NCCCCCOC)NCC1(c2ccccc2)CCCC1.I. The van der Waals surface area contributed by atoms with E-state index in [1.807, 2.05) is 7.05 Å². The minimum absolute atomic E-state index is 0. The molecule has 0 saturated heterocycles. The number of benzene rings is 1. The van der Waals surface area contributed by atoms with Gasteiger partial charge in [-0.15, -0.1) is 24.0 Å². The molecule has 1 aromatic carbocycles. The number of rotatable bonds is 9. The minimum atomic E-state index is 0. The third-order valence-corrected chi connectivity index (χ3v) is 5.08. The predicted molar refractivity (Wildman–Crippen MR) is 117 cm³/mol. The Morgan fingerprint density at radius 3 is 2.44 bits per heavy atom. The number of nitrogens with zero attached hydrogens (tertiary/aromatic N) is 1. The molecule has 0 heterocycles. The summed E-state index contributed by atoms with van der Waals surface area (Å²) in [5, 5.41) is 7.00. The van der Waals surface area contributed by atoms with Crippen molar-refractivity contribution in [3.05, 3.63) is 35.9 Å². The number of methoxy groups -OCH3 is 1. The lowest BCUT2D eigenvalue weighted by Crippen LogP contribution is -2.45. The highest BCUT2D eigenvalue weighted by Gasteiger charge is 2.35. The first-order valence-electron chi connectivity index (χ1n) is 9.30. The number of nitrogens with one attached hydrogen (secondary N) is 2. The van der Waals surface area contributed by atoms with Crippen LogP contribution in [0.3, 0.4) is 0 Å². The van der Waals surface area contributed by atoms with Crippen LogP contribution in [0.2, 0.25) is 0 Å². The van der Waals surface area contributed by atoms with Crippen LogP contribution < -0.4 is 10.6 Å². The average Bonchev–Trinajstić information content (AvgIpc) is 3.11. The summed E-state index contributed by atoms with van der Waals surface area (Å²) >= 11 is 0. The fraction of sp³-hybridized carbons (Fsp3) is 0.650. The van der Waals surface area contributed by atoms with Gasteiger partial charge in [-0.2, -0.15) is 0 Å². The summed E-state index contributed by atoms with van der Waals surface area (Å²) in [6.45, 7) is 2.77. The maximum Gasteiger partial charge on any atom is 0.191 e. The van der Waals surface area contributed by atoms with Crippen LogP contribution in [-0.2, 0) is 10.2 Å². The molecule has 2 N–H and O–H groups in total. The van der Waals surface area contributed by atoms with Gasteiger partial charge < -0.3 is 15.4 Å². The molecule has 0 aliphatic heterocycles. The molecule has 2 rings (SSSR count). The van der Waals surface area contributed by atoms with Crippen LogP contribution in [0.15, 0.2) is 35.3 Å². The normalized spacial score (nSPS) is 16.3. The van der Waals surface area contributed by atoms with Crippen molar-refractivity contribution < 1.29 is 4.74 Å². The van der Waals surface area contributed by atoms with E-state index in [1.54, 1.807) is 7.11 Å². The van der Waals surface area contributed by atoms with E-state index in [0.29, 0.717) is 0 Å². The lowest BCUT2D eigenvalue weighted by Gasteiger charge is -2.30. The molecule has 4 nitrogen and oxygen atoms in total. The zero-order valence-corrected chi connectivity index (χ0v) is 18.1. The highest BCUT2D eigenvalue weighted by atomic mass is 127. The van der Waals surface area contributed by atoms with Gasteiger partial charge in [0.05, 0.1) is 0 Å². The van der Waals surface area contributed by atoms with Crippen molar-refractivity contribution in [1.29, 1.82) is 0 Å². The molecule has 1 saturated carbocycles. The molecule has 0 spiro atoms. The quantitative estimate of drug-likeness (QED) is 0.253. The topological polar surface area (TPSA) is 45.7 Å². The Bertz CT molecular complexity index is 487. The number of aliphatic imine (C=N–C) groups is 1. The Kier molecular flexibility index (Phi) is 11.1. The van der Waals surface area contributed by atoms with Gasteiger partial charge in [0.2, 0.25) is 0 Å². The fourth-order valence-electron chi connectivity index (χ4n) is 3.64. The summed E-state index contributed by atoms with van der Waals surface area (Å²) in [5.74, 6) is 0.920. The van der Waals surface area contributed by atoms with Crippen molar-refractivity contribution in [1.82, 2.24) is 10.6 Å². The minimum Gasteiger partial charge on any atom is -0.385 e. The number of halogens is 1. The van der Waals surface area contributed by atoms with Crippen LogP contribution in [0.4, 0.5) is 0 Å². The molecule has 1 aromatic rings. The molecule has 1 aliphatic rings. The fourth-order valence-corrected chi connectivity index (χ4v) is 3.64. The zero-order chi connectivity index (χ0) is 17.1. The molecule has 0 unspecified atom stereocenters. The number of hydrogen-bond acceptors (Lipinski definition) is 2. The first-order chi connectivity index (χ1) is 11.8. The van der Waals surface area contributed by atoms with Gasteiger partial charge in [-0.05, 0) is 37.7 Å². The smallest absolute Gasteiger partial charge is 0.191 e. The first kappa shape index (κ1) is 22.2. The van der Waals surface area contributed by atoms with Crippen LogP contribution in [0.25, 0.3) is 0 Å². The zero-order valence-electron chi connectivity index (χ0n) is 15.7. The Labute approximate surface area is 170 Å². The second kappa shape index (κ2) is 12.5. The Balaban J connectivity index is 0.00000312. The number of hydrogen-bond donors (Lipinski definition) is 2. The van der Waals surface area contributed by atoms with Crippen molar-refractivity contribution in [2.24, 2.45) is 4.99 Å². The second-order valence-electron chi connectivity index (χ2n) is 6.76. The van der Waals surface area contributed by atoms with Gasteiger partial charge >= 0.3 is 0 Å². The highest BCUT2D eigenvalue weighted by molar-refractivity contribution is 14.0. The number of ether oxygens (including phenoxy) is 1. The highest BCUT2D eigenvalue weighted by Crippen LogP contribution is 2.40. The van der Waals surface area contributed by atoms with E-state index in [-0.39, 0.29) is 29.4 Å². The van der Waals surface area contributed by atoms with Crippen molar-refractivity contribution >= 4 is 29.9 Å². The molecule has 0 radical (unpaired) electrons. The summed E-state index contributed by atoms with van der Waals surface area (Å²) < 4.78 is 5.08. The maximum absolute atomic E-state index is 5.08. The molecule has 142 valence electrons. The summed E-state index contributed by atoms with van der Waals surface area (Å²) in [6.07, 6.45) is 8.63. The number of unbranched alkanes of at least 4 members (excludes halogenated alkanes) is 2. The molecular weight excluding hydrogens is 425 g/mol. The summed E-state index contributed by atoms with van der Waals surface area (Å²) in [6, 6.07) is 11.0. The first-order valence-corrected chi connectivity index (χ1v) is 9.30. The molecule has 1 fully saturated rings. The van der Waals surface area contributed by atoms with Crippen LogP contribution >= 0.6 is 24.0 Å². The molecule has 1 aliphatic carbocycles. The molecule has 0 atom stereocenters. The van der Waals surface area contributed by atoms with Crippen LogP contribution in [0, 0.1) is 0 Å². The van der Waals surface area contributed by atoms with Gasteiger partial charge in [-0.25, -0.2) is 0 Å². The van der Waals surface area contributed by atoms with E-state index in [0.717, 1.165) is 38.5 Å². The van der Waals surface area contributed by atoms with Crippen LogP contribution in [0.1, 0.15) is 50.5 Å². The standard InChI is InChI=1S/C20H33N3O.HI/c1-21-19(22-15-9-4-10-16-24-2)23-17-20(13-7-8-14-20)18-11-5-3-6-12-18;/h3,5-6,11-12H,4,7-10,13-17H2,1-2H3,(H2,21,22,23);1H. The predicted octanol–water partition coefficient (Wildman–Crippen LogP) is 4.10. The largest absolute Gasteiger partial charge is 0.385 e. The summed E-state index contributed by atoms with van der Waals surface area (Å²) in [7, 11) is 3.61. The van der Waals surface area contributed by atoms with E-state index < -0.39 is 0 Å². The van der Waals surface area contributed by atoms with Crippen LogP contribution in [-0.4, -0.2) is 39.8 Å². The second-order valence-corrected chi connectivity index (χ2v) is 6.76. The van der Waals surface area contributed by atoms with Gasteiger partial charge in [0.25, 0.3) is 0 Å². The van der Waals surface area contributed by atoms with Gasteiger partial charge in [0, 0.05) is 39.3 Å². The average molecular weight is 459 g/mol. The molecule has 0 aromatic heterocycles. The summed E-state index contributed by atoms with van der Waals surface area (Å²) in [4.78, 5) is 4.38. The van der Waals surface area contributed by atoms with E-state index >= 15 is 0 Å². The van der Waals surface area contributed by atoms with Crippen molar-refractivity contribution in [3.63, 3.8) is 0 Å². The third kappa shape index (κ3) is 7.13. The maximum atomic E-state index is 5.08. The molecule has 5 heteroatoms. The van der Waals surface area contributed by atoms with E-state index in [1.165, 1.54) is 37.7 Å². The van der Waals surface area contributed by atoms with Crippen molar-refractivity contribution in [2.45, 2.75) is 50.4 Å². The monoisotopic (exact) mass is 459 g/mol. The third-order valence-electron chi connectivity index (χ3n) is 5.08. The Morgan fingerprint density at radius 1 is 1.08 bits per heavy atom. The van der Waals surface area contributed by atoms with Gasteiger partial charge in [0.1, 0.15) is 0 Å². The van der Waals surface area contributed by atoms with E-state index in [4.69, 9.17) is 4.74 Å². The van der Waals surface area contributed by atoms with Crippen molar-refractivity contribution in [3.8, 4) is 0 Å². The van der Waals surface area contributed by atoms with Gasteiger partial charge in [0.15, 0.2) is 5.96 Å². The van der Waals surface area contributed by atoms with E-state index in [2.05, 4.69) is 46.0 Å². The lowest BCUT2D eigenvalue weighted by molar-refractivity contribution is 0.192. The van der Waals surface area contributed by atoms with Crippen molar-refractivity contribution in [2.75, 3.05) is 33.9 Å². The lowest BCUT2D eigenvalue weighted by atomic mass is 9.79. The molecular formula is C20H34IN3O. The molecule has 0 amide bonds. The van der Waals surface area contributed by atoms with Crippen LogP contribution in [0.5, 0.6) is 0 Å². The molecule has 25 heavy (non-hydrogen) atoms. The molecule has 0 bridgehead atoms. The Morgan fingerprint density at radius 2 is 1.80 bits per heavy atom. The van der Waals surface area contributed by atoms with Gasteiger partial charge in [-0.1, -0.05) is 43.2 Å². The summed E-state index contributed by atoms with van der Waals surface area (Å²) in [5.41, 5.74) is 1.72. The Hall–Kier alpha value is -0.820.